The number of para-hydroxylation sites is 1. The Labute approximate surface area is 100 Å². The first-order valence-electron chi connectivity index (χ1n) is 5.55. The summed E-state index contributed by atoms with van der Waals surface area (Å²) in [6.45, 7) is 3.59. The van der Waals surface area contributed by atoms with Crippen LogP contribution in [0.3, 0.4) is 0 Å². The van der Waals surface area contributed by atoms with Gasteiger partial charge >= 0.3 is 0 Å². The SMILES string of the molecule is C=CCCC(=O)Nc1cnc2ccccc2c1. The maximum absolute atomic E-state index is 11.5. The van der Waals surface area contributed by atoms with Gasteiger partial charge in [-0.1, -0.05) is 24.3 Å². The van der Waals surface area contributed by atoms with Crippen LogP contribution in [-0.2, 0) is 4.79 Å². The summed E-state index contributed by atoms with van der Waals surface area (Å²) in [4.78, 5) is 15.8. The van der Waals surface area contributed by atoms with Gasteiger partial charge in [0.2, 0.25) is 5.91 Å². The van der Waals surface area contributed by atoms with Crippen LogP contribution in [0.4, 0.5) is 5.69 Å². The van der Waals surface area contributed by atoms with Gasteiger partial charge in [0.05, 0.1) is 17.4 Å². The molecule has 0 aliphatic carbocycles. The summed E-state index contributed by atoms with van der Waals surface area (Å²) in [7, 11) is 0. The van der Waals surface area contributed by atoms with E-state index in [1.807, 2.05) is 30.3 Å². The first-order valence-corrected chi connectivity index (χ1v) is 5.55. The number of allylic oxidation sites excluding steroid dienone is 1. The molecular formula is C14H14N2O. The van der Waals surface area contributed by atoms with Crippen molar-refractivity contribution in [3.63, 3.8) is 0 Å². The van der Waals surface area contributed by atoms with Crippen molar-refractivity contribution in [3.05, 3.63) is 49.2 Å². The quantitative estimate of drug-likeness (QED) is 0.814. The van der Waals surface area contributed by atoms with Gasteiger partial charge in [0.25, 0.3) is 0 Å². The number of aromatic nitrogens is 1. The van der Waals surface area contributed by atoms with Crippen molar-refractivity contribution in [1.29, 1.82) is 0 Å². The molecule has 0 spiro atoms. The van der Waals surface area contributed by atoms with Gasteiger partial charge < -0.3 is 5.32 Å². The Hall–Kier alpha value is -2.16. The fraction of sp³-hybridized carbons (Fsp3) is 0.143. The third kappa shape index (κ3) is 2.91. The van der Waals surface area contributed by atoms with E-state index in [1.54, 1.807) is 12.3 Å². The number of hydrogen-bond donors (Lipinski definition) is 1. The van der Waals surface area contributed by atoms with Crippen LogP contribution in [0.2, 0.25) is 0 Å². The van der Waals surface area contributed by atoms with Gasteiger partial charge in [-0.3, -0.25) is 9.78 Å². The second-order valence-electron chi connectivity index (χ2n) is 3.79. The molecule has 0 unspecified atom stereocenters. The zero-order chi connectivity index (χ0) is 12.1. The number of fused-ring (bicyclic) bond motifs is 1. The molecule has 1 N–H and O–H groups in total. The molecule has 1 amide bonds. The highest BCUT2D eigenvalue weighted by Gasteiger charge is 2.02. The number of benzene rings is 1. The molecule has 0 atom stereocenters. The first-order chi connectivity index (χ1) is 8.29. The summed E-state index contributed by atoms with van der Waals surface area (Å²) in [6, 6.07) is 9.74. The van der Waals surface area contributed by atoms with Crippen LogP contribution in [0.1, 0.15) is 12.8 Å². The van der Waals surface area contributed by atoms with Crippen molar-refractivity contribution in [2.24, 2.45) is 0 Å². The van der Waals surface area contributed by atoms with Crippen LogP contribution in [0, 0.1) is 0 Å². The lowest BCUT2D eigenvalue weighted by molar-refractivity contribution is -0.116. The minimum atomic E-state index is -0.0121. The van der Waals surface area contributed by atoms with Gasteiger partial charge in [-0.2, -0.15) is 0 Å². The van der Waals surface area contributed by atoms with Crippen LogP contribution in [0.15, 0.2) is 49.2 Å². The number of nitrogens with one attached hydrogen (secondary N) is 1. The summed E-state index contributed by atoms with van der Waals surface area (Å²) < 4.78 is 0. The largest absolute Gasteiger partial charge is 0.325 e. The molecule has 2 rings (SSSR count). The number of anilines is 1. The molecule has 0 saturated carbocycles. The maximum atomic E-state index is 11.5. The summed E-state index contributed by atoms with van der Waals surface area (Å²) in [6.07, 6.45) is 4.55. The van der Waals surface area contributed by atoms with Crippen LogP contribution in [-0.4, -0.2) is 10.9 Å². The fourth-order valence-corrected chi connectivity index (χ4v) is 1.60. The molecule has 2 aromatic rings. The number of carbonyl (C=O) groups is 1. The molecule has 1 aromatic carbocycles. The Morgan fingerprint density at radius 2 is 2.24 bits per heavy atom. The highest BCUT2D eigenvalue weighted by Crippen LogP contribution is 2.16. The van der Waals surface area contributed by atoms with Crippen LogP contribution >= 0.6 is 0 Å². The van der Waals surface area contributed by atoms with E-state index < -0.39 is 0 Å². The van der Waals surface area contributed by atoms with Crippen LogP contribution in [0.5, 0.6) is 0 Å². The van der Waals surface area contributed by atoms with E-state index in [0.717, 1.165) is 16.6 Å². The van der Waals surface area contributed by atoms with Gasteiger partial charge in [0.15, 0.2) is 0 Å². The minimum absolute atomic E-state index is 0.0121. The summed E-state index contributed by atoms with van der Waals surface area (Å²) in [5, 5.41) is 3.84. The lowest BCUT2D eigenvalue weighted by atomic mass is 10.2. The molecule has 0 bridgehead atoms. The molecule has 17 heavy (non-hydrogen) atoms. The molecule has 3 nitrogen and oxygen atoms in total. The number of hydrogen-bond acceptors (Lipinski definition) is 2. The van der Waals surface area contributed by atoms with Crippen molar-refractivity contribution in [1.82, 2.24) is 4.98 Å². The Bertz CT molecular complexity index is 549. The summed E-state index contributed by atoms with van der Waals surface area (Å²) >= 11 is 0. The molecular weight excluding hydrogens is 212 g/mol. The lowest BCUT2D eigenvalue weighted by Gasteiger charge is -2.05. The molecule has 0 fully saturated rings. The summed E-state index contributed by atoms with van der Waals surface area (Å²) in [5.41, 5.74) is 1.66. The van der Waals surface area contributed by atoms with Gasteiger partial charge in [0, 0.05) is 11.8 Å². The van der Waals surface area contributed by atoms with E-state index in [2.05, 4.69) is 16.9 Å². The molecule has 1 aromatic heterocycles. The predicted octanol–water partition coefficient (Wildman–Crippen LogP) is 3.14. The third-order valence-electron chi connectivity index (χ3n) is 2.45. The highest BCUT2D eigenvalue weighted by atomic mass is 16.1. The number of rotatable bonds is 4. The summed E-state index contributed by atoms with van der Waals surface area (Å²) in [5.74, 6) is -0.0121. The van der Waals surface area contributed by atoms with E-state index >= 15 is 0 Å². The lowest BCUT2D eigenvalue weighted by Crippen LogP contribution is -2.10. The van der Waals surface area contributed by atoms with Crippen LogP contribution < -0.4 is 5.32 Å². The monoisotopic (exact) mass is 226 g/mol. The van der Waals surface area contributed by atoms with E-state index in [4.69, 9.17) is 0 Å². The molecule has 0 saturated heterocycles. The Morgan fingerprint density at radius 3 is 3.06 bits per heavy atom. The van der Waals surface area contributed by atoms with Crippen molar-refractivity contribution < 1.29 is 4.79 Å². The normalized spacial score (nSPS) is 10.1. The second kappa shape index (κ2) is 5.25. The Morgan fingerprint density at radius 1 is 1.41 bits per heavy atom. The van der Waals surface area contributed by atoms with Gasteiger partial charge in [-0.25, -0.2) is 0 Å². The van der Waals surface area contributed by atoms with Crippen molar-refractivity contribution >= 4 is 22.5 Å². The van der Waals surface area contributed by atoms with Gasteiger partial charge in [0.1, 0.15) is 0 Å². The minimum Gasteiger partial charge on any atom is -0.325 e. The van der Waals surface area contributed by atoms with E-state index in [1.165, 1.54) is 0 Å². The average molecular weight is 226 g/mol. The molecule has 0 aliphatic rings. The van der Waals surface area contributed by atoms with Crippen molar-refractivity contribution in [2.45, 2.75) is 12.8 Å². The molecule has 0 radical (unpaired) electrons. The van der Waals surface area contributed by atoms with E-state index in [9.17, 15) is 4.79 Å². The highest BCUT2D eigenvalue weighted by molar-refractivity contribution is 5.93. The smallest absolute Gasteiger partial charge is 0.224 e. The predicted molar refractivity (Wildman–Crippen MR) is 69.8 cm³/mol. The zero-order valence-electron chi connectivity index (χ0n) is 9.52. The Balaban J connectivity index is 2.13. The van der Waals surface area contributed by atoms with Gasteiger partial charge in [-0.15, -0.1) is 6.58 Å². The topological polar surface area (TPSA) is 42.0 Å². The number of carbonyl (C=O) groups excluding carboxylic acids is 1. The van der Waals surface area contributed by atoms with Gasteiger partial charge in [-0.05, 0) is 18.6 Å². The van der Waals surface area contributed by atoms with Crippen LogP contribution in [0.25, 0.3) is 10.9 Å². The standard InChI is InChI=1S/C14H14N2O/c1-2-3-8-14(17)16-12-9-11-6-4-5-7-13(11)15-10-12/h2,4-7,9-10H,1,3,8H2,(H,16,17). The van der Waals surface area contributed by atoms with Crippen molar-refractivity contribution in [3.8, 4) is 0 Å². The first kappa shape index (κ1) is 11.3. The number of pyridine rings is 1. The molecule has 1 heterocycles. The second-order valence-corrected chi connectivity index (χ2v) is 3.79. The fourth-order valence-electron chi connectivity index (χ4n) is 1.60. The molecule has 86 valence electrons. The Kier molecular flexibility index (Phi) is 3.50. The maximum Gasteiger partial charge on any atom is 0.224 e. The average Bonchev–Trinajstić information content (AvgIpc) is 2.36. The van der Waals surface area contributed by atoms with Crippen molar-refractivity contribution in [2.75, 3.05) is 5.32 Å². The van der Waals surface area contributed by atoms with E-state index in [0.29, 0.717) is 12.8 Å². The molecule has 3 heteroatoms. The third-order valence-corrected chi connectivity index (χ3v) is 2.45. The molecule has 0 aliphatic heterocycles. The number of nitrogens with zero attached hydrogens (tertiary/aromatic N) is 1. The number of amides is 1. The zero-order valence-corrected chi connectivity index (χ0v) is 9.52. The van der Waals surface area contributed by atoms with E-state index in [-0.39, 0.29) is 5.91 Å².